The van der Waals surface area contributed by atoms with E-state index in [0.29, 0.717) is 0 Å². The number of hydrogen-bond acceptors (Lipinski definition) is 4. The largest absolute Gasteiger partial charge is 0.368 e. The zero-order chi connectivity index (χ0) is 18.2. The molecular weight excluding hydrogens is 320 g/mol. The first-order valence-corrected chi connectivity index (χ1v) is 9.89. The first kappa shape index (κ1) is 18.7. The Labute approximate surface area is 157 Å². The van der Waals surface area contributed by atoms with E-state index in [2.05, 4.69) is 58.3 Å². The predicted octanol–water partition coefficient (Wildman–Crippen LogP) is 2.80. The second-order valence-electron chi connectivity index (χ2n) is 7.02. The number of benzene rings is 2. The van der Waals surface area contributed by atoms with E-state index in [9.17, 15) is 0 Å². The van der Waals surface area contributed by atoms with Crippen molar-refractivity contribution in [1.29, 1.82) is 0 Å². The molecule has 0 spiro atoms. The molecule has 1 fully saturated rings. The smallest absolute Gasteiger partial charge is 0.0399 e. The highest BCUT2D eigenvalue weighted by Gasteiger charge is 2.20. The predicted molar refractivity (Wildman–Crippen MR) is 112 cm³/mol. The van der Waals surface area contributed by atoms with Gasteiger partial charge in [-0.05, 0) is 62.0 Å². The van der Waals surface area contributed by atoms with Crippen LogP contribution >= 0.6 is 0 Å². The van der Waals surface area contributed by atoms with Gasteiger partial charge in [-0.25, -0.2) is 0 Å². The van der Waals surface area contributed by atoms with Crippen LogP contribution in [-0.4, -0.2) is 39.3 Å². The Morgan fingerprint density at radius 1 is 0.615 bits per heavy atom. The van der Waals surface area contributed by atoms with Crippen molar-refractivity contribution in [3.63, 3.8) is 0 Å². The Morgan fingerprint density at radius 3 is 1.38 bits per heavy atom. The number of piperazine rings is 1. The van der Waals surface area contributed by atoms with Crippen LogP contribution in [0.15, 0.2) is 48.5 Å². The summed E-state index contributed by atoms with van der Waals surface area (Å²) >= 11 is 0. The van der Waals surface area contributed by atoms with Crippen LogP contribution in [0.5, 0.6) is 0 Å². The summed E-state index contributed by atoms with van der Waals surface area (Å²) in [4.78, 5) is 5.07. The highest BCUT2D eigenvalue weighted by molar-refractivity contribution is 5.58. The molecule has 0 aromatic heterocycles. The third kappa shape index (κ3) is 4.57. The second kappa shape index (κ2) is 9.60. The fourth-order valence-corrected chi connectivity index (χ4v) is 3.83. The molecule has 1 saturated heterocycles. The normalized spacial score (nSPS) is 14.7. The maximum Gasteiger partial charge on any atom is 0.0399 e. The maximum absolute atomic E-state index is 5.71. The average molecular weight is 353 g/mol. The quantitative estimate of drug-likeness (QED) is 0.767. The van der Waals surface area contributed by atoms with Crippen molar-refractivity contribution in [2.45, 2.75) is 25.7 Å². The molecule has 26 heavy (non-hydrogen) atoms. The molecule has 0 amide bonds. The fourth-order valence-electron chi connectivity index (χ4n) is 3.83. The number of rotatable bonds is 8. The van der Waals surface area contributed by atoms with E-state index in [1.165, 1.54) is 22.5 Å². The van der Waals surface area contributed by atoms with Crippen molar-refractivity contribution in [2.24, 2.45) is 11.5 Å². The molecule has 0 aliphatic carbocycles. The van der Waals surface area contributed by atoms with E-state index in [1.54, 1.807) is 0 Å². The van der Waals surface area contributed by atoms with Gasteiger partial charge in [-0.1, -0.05) is 36.4 Å². The zero-order valence-electron chi connectivity index (χ0n) is 15.7. The lowest BCUT2D eigenvalue weighted by atomic mass is 10.0. The second-order valence-corrected chi connectivity index (χ2v) is 7.02. The molecule has 2 aromatic carbocycles. The van der Waals surface area contributed by atoms with Crippen molar-refractivity contribution in [1.82, 2.24) is 0 Å². The molecule has 0 atom stereocenters. The van der Waals surface area contributed by atoms with Crippen LogP contribution in [0.4, 0.5) is 11.4 Å². The summed E-state index contributed by atoms with van der Waals surface area (Å²) < 4.78 is 0. The molecule has 1 aliphatic heterocycles. The zero-order valence-corrected chi connectivity index (χ0v) is 15.7. The van der Waals surface area contributed by atoms with Crippen molar-refractivity contribution >= 4 is 11.4 Å². The van der Waals surface area contributed by atoms with Gasteiger partial charge in [0.2, 0.25) is 0 Å². The van der Waals surface area contributed by atoms with Gasteiger partial charge in [0.05, 0.1) is 0 Å². The van der Waals surface area contributed by atoms with Crippen molar-refractivity contribution in [2.75, 3.05) is 49.1 Å². The van der Waals surface area contributed by atoms with Gasteiger partial charge in [0.15, 0.2) is 0 Å². The Balaban J connectivity index is 1.67. The molecule has 4 N–H and O–H groups in total. The van der Waals surface area contributed by atoms with Crippen LogP contribution in [-0.2, 0) is 12.8 Å². The molecule has 1 aliphatic rings. The first-order chi connectivity index (χ1) is 12.8. The van der Waals surface area contributed by atoms with Crippen LogP contribution in [0, 0.1) is 0 Å². The molecule has 4 nitrogen and oxygen atoms in total. The number of anilines is 2. The highest BCUT2D eigenvalue weighted by Crippen LogP contribution is 2.27. The van der Waals surface area contributed by atoms with Gasteiger partial charge >= 0.3 is 0 Å². The van der Waals surface area contributed by atoms with Crippen LogP contribution in [0.2, 0.25) is 0 Å². The van der Waals surface area contributed by atoms with Crippen LogP contribution < -0.4 is 21.3 Å². The van der Waals surface area contributed by atoms with Gasteiger partial charge in [0.25, 0.3) is 0 Å². The van der Waals surface area contributed by atoms with Crippen molar-refractivity contribution in [3.8, 4) is 0 Å². The topological polar surface area (TPSA) is 58.5 Å². The van der Waals surface area contributed by atoms with E-state index < -0.39 is 0 Å². The minimum absolute atomic E-state index is 0.752. The lowest BCUT2D eigenvalue weighted by Crippen LogP contribution is -2.47. The van der Waals surface area contributed by atoms with Crippen LogP contribution in [0.1, 0.15) is 24.0 Å². The van der Waals surface area contributed by atoms with Gasteiger partial charge in [0.1, 0.15) is 0 Å². The molecule has 4 heteroatoms. The third-order valence-corrected chi connectivity index (χ3v) is 5.24. The summed E-state index contributed by atoms with van der Waals surface area (Å²) in [6.45, 7) is 5.74. The number of para-hydroxylation sites is 2. The average Bonchev–Trinajstić information content (AvgIpc) is 2.71. The number of nitrogens with two attached hydrogens (primary N) is 2. The Kier molecular flexibility index (Phi) is 6.92. The molecule has 0 bridgehead atoms. The van der Waals surface area contributed by atoms with Gasteiger partial charge in [0, 0.05) is 37.6 Å². The Hall–Kier alpha value is -2.04. The molecule has 140 valence electrons. The van der Waals surface area contributed by atoms with E-state index in [4.69, 9.17) is 11.5 Å². The molecule has 3 rings (SSSR count). The van der Waals surface area contributed by atoms with Crippen LogP contribution in [0.25, 0.3) is 0 Å². The summed E-state index contributed by atoms with van der Waals surface area (Å²) in [7, 11) is 0. The van der Waals surface area contributed by atoms with Gasteiger partial charge in [-0.3, -0.25) is 0 Å². The van der Waals surface area contributed by atoms with E-state index >= 15 is 0 Å². The fraction of sp³-hybridized carbons (Fsp3) is 0.455. The molecule has 0 radical (unpaired) electrons. The minimum Gasteiger partial charge on any atom is -0.368 e. The third-order valence-electron chi connectivity index (χ3n) is 5.24. The standard InChI is InChI=1S/C22H32N4/c23-13-5-9-19-7-1-3-11-21(19)25-15-17-26(18-16-25)22-12-4-2-8-20(22)10-6-14-24/h1-4,7-8,11-12H,5-6,9-10,13-18,23-24H2. The molecule has 0 saturated carbocycles. The number of aryl methyl sites for hydroxylation is 2. The highest BCUT2D eigenvalue weighted by atomic mass is 15.3. The minimum atomic E-state index is 0.752. The SMILES string of the molecule is NCCCc1ccccc1N1CCN(c2ccccc2CCCN)CC1. The van der Waals surface area contributed by atoms with Gasteiger partial charge in [-0.15, -0.1) is 0 Å². The molecule has 2 aromatic rings. The van der Waals surface area contributed by atoms with E-state index in [0.717, 1.165) is 65.0 Å². The van der Waals surface area contributed by atoms with Crippen molar-refractivity contribution in [3.05, 3.63) is 59.7 Å². The van der Waals surface area contributed by atoms with Crippen LogP contribution in [0.3, 0.4) is 0 Å². The first-order valence-electron chi connectivity index (χ1n) is 9.89. The van der Waals surface area contributed by atoms with E-state index in [-0.39, 0.29) is 0 Å². The monoisotopic (exact) mass is 352 g/mol. The summed E-state index contributed by atoms with van der Waals surface area (Å²) in [6.07, 6.45) is 4.22. The number of hydrogen-bond donors (Lipinski definition) is 2. The Morgan fingerprint density at radius 2 is 1.00 bits per heavy atom. The summed E-state index contributed by atoms with van der Waals surface area (Å²) in [6, 6.07) is 17.6. The lowest BCUT2D eigenvalue weighted by Gasteiger charge is -2.39. The molecule has 1 heterocycles. The van der Waals surface area contributed by atoms with Gasteiger partial charge < -0.3 is 21.3 Å². The number of nitrogens with zero attached hydrogens (tertiary/aromatic N) is 2. The van der Waals surface area contributed by atoms with E-state index in [1.807, 2.05) is 0 Å². The summed E-state index contributed by atoms with van der Waals surface area (Å²) in [5.74, 6) is 0. The molecular formula is C22H32N4. The van der Waals surface area contributed by atoms with Gasteiger partial charge in [-0.2, -0.15) is 0 Å². The Bertz CT molecular complexity index is 618. The maximum atomic E-state index is 5.71. The van der Waals surface area contributed by atoms with Crippen molar-refractivity contribution < 1.29 is 0 Å². The lowest BCUT2D eigenvalue weighted by molar-refractivity contribution is 0.647. The summed E-state index contributed by atoms with van der Waals surface area (Å²) in [5, 5.41) is 0. The summed E-state index contributed by atoms with van der Waals surface area (Å²) in [5.41, 5.74) is 17.0. The molecule has 0 unspecified atom stereocenters.